The molecule has 1 aliphatic rings. The van der Waals surface area contributed by atoms with Crippen molar-refractivity contribution in [2.75, 3.05) is 17.4 Å². The van der Waals surface area contributed by atoms with E-state index in [9.17, 15) is 0 Å². The number of ether oxygens (including phenoxy) is 1. The van der Waals surface area contributed by atoms with Gasteiger partial charge in [0.05, 0.1) is 13.7 Å². The lowest BCUT2D eigenvalue weighted by atomic mass is 10.3. The normalized spacial score (nSPS) is 14.1. The van der Waals surface area contributed by atoms with Crippen molar-refractivity contribution in [2.24, 2.45) is 5.84 Å². The molecule has 1 aliphatic carbocycles. The van der Waals surface area contributed by atoms with Crippen molar-refractivity contribution in [1.82, 2.24) is 9.97 Å². The molecule has 1 saturated carbocycles. The molecule has 3 N–H and O–H groups in total. The Hall–Kier alpha value is -1.86. The predicted molar refractivity (Wildman–Crippen MR) is 79.9 cm³/mol. The maximum atomic E-state index is 5.49. The number of methoxy groups -OCH3 is 1. The highest BCUT2D eigenvalue weighted by molar-refractivity contribution is 7.09. The highest BCUT2D eigenvalue weighted by Gasteiger charge is 2.32. The third kappa shape index (κ3) is 2.54. The van der Waals surface area contributed by atoms with Crippen LogP contribution in [0.3, 0.4) is 0 Å². The highest BCUT2D eigenvalue weighted by Crippen LogP contribution is 2.39. The quantitative estimate of drug-likeness (QED) is 0.626. The molecule has 7 heteroatoms. The van der Waals surface area contributed by atoms with Gasteiger partial charge in [0, 0.05) is 10.9 Å². The van der Waals surface area contributed by atoms with E-state index in [-0.39, 0.29) is 0 Å². The first-order chi connectivity index (χ1) is 9.83. The van der Waals surface area contributed by atoms with E-state index < -0.39 is 0 Å². The summed E-state index contributed by atoms with van der Waals surface area (Å²) in [5.41, 5.74) is 2.56. The van der Waals surface area contributed by atoms with Crippen LogP contribution in [0.5, 0.6) is 5.75 Å². The molecular formula is C13H17N5OS. The van der Waals surface area contributed by atoms with Crippen molar-refractivity contribution in [3.05, 3.63) is 28.7 Å². The van der Waals surface area contributed by atoms with E-state index in [1.165, 1.54) is 24.0 Å². The molecule has 0 radical (unpaired) electrons. The van der Waals surface area contributed by atoms with Gasteiger partial charge >= 0.3 is 0 Å². The molecule has 0 aliphatic heterocycles. The molecule has 3 rings (SSSR count). The summed E-state index contributed by atoms with van der Waals surface area (Å²) in [5.74, 6) is 7.39. The summed E-state index contributed by atoms with van der Waals surface area (Å²) < 4.78 is 5.44. The lowest BCUT2D eigenvalue weighted by Crippen LogP contribution is -2.26. The summed E-state index contributed by atoms with van der Waals surface area (Å²) in [6.45, 7) is 0.833. The molecule has 0 amide bonds. The van der Waals surface area contributed by atoms with Gasteiger partial charge in [0.15, 0.2) is 11.6 Å². The van der Waals surface area contributed by atoms with E-state index in [1.807, 2.05) is 0 Å². The molecule has 0 spiro atoms. The lowest BCUT2D eigenvalue weighted by Gasteiger charge is -2.25. The zero-order valence-electron chi connectivity index (χ0n) is 11.2. The Labute approximate surface area is 121 Å². The average Bonchev–Trinajstić information content (AvgIpc) is 3.20. The van der Waals surface area contributed by atoms with Crippen LogP contribution in [0, 0.1) is 0 Å². The molecule has 2 aromatic rings. The van der Waals surface area contributed by atoms with Gasteiger partial charge in [-0.1, -0.05) is 6.07 Å². The molecule has 0 unspecified atom stereocenters. The molecular weight excluding hydrogens is 274 g/mol. The number of hydrogen-bond acceptors (Lipinski definition) is 7. The zero-order chi connectivity index (χ0) is 13.9. The number of rotatable bonds is 6. The molecule has 20 heavy (non-hydrogen) atoms. The number of nitrogens with two attached hydrogens (primary N) is 1. The number of nitrogens with zero attached hydrogens (tertiary/aromatic N) is 3. The fourth-order valence-corrected chi connectivity index (χ4v) is 2.90. The van der Waals surface area contributed by atoms with Gasteiger partial charge in [0.2, 0.25) is 5.75 Å². The summed E-state index contributed by atoms with van der Waals surface area (Å²) in [6.07, 6.45) is 3.88. The minimum absolute atomic E-state index is 0.509. The molecule has 2 heterocycles. The van der Waals surface area contributed by atoms with Crippen LogP contribution in [0.25, 0.3) is 0 Å². The Balaban J connectivity index is 1.95. The summed E-state index contributed by atoms with van der Waals surface area (Å²) in [5, 5.41) is 2.09. The van der Waals surface area contributed by atoms with Crippen LogP contribution in [-0.4, -0.2) is 23.1 Å². The largest absolute Gasteiger partial charge is 0.490 e. The van der Waals surface area contributed by atoms with Crippen LogP contribution in [-0.2, 0) is 6.54 Å². The lowest BCUT2D eigenvalue weighted by molar-refractivity contribution is 0.411. The fraction of sp³-hybridized carbons (Fsp3) is 0.385. The van der Waals surface area contributed by atoms with Gasteiger partial charge in [-0.2, -0.15) is 0 Å². The number of nitrogens with one attached hydrogen (secondary N) is 1. The minimum atomic E-state index is 0.509. The number of aromatic nitrogens is 2. The van der Waals surface area contributed by atoms with Crippen molar-refractivity contribution in [2.45, 2.75) is 25.4 Å². The van der Waals surface area contributed by atoms with E-state index >= 15 is 0 Å². The first kappa shape index (κ1) is 13.1. The Bertz CT molecular complexity index is 570. The van der Waals surface area contributed by atoms with Crippen molar-refractivity contribution < 1.29 is 4.74 Å². The van der Waals surface area contributed by atoms with Gasteiger partial charge in [-0.3, -0.25) is 0 Å². The van der Waals surface area contributed by atoms with Gasteiger partial charge in [-0.05, 0) is 24.3 Å². The van der Waals surface area contributed by atoms with Gasteiger partial charge in [0.1, 0.15) is 6.33 Å². The maximum absolute atomic E-state index is 5.49. The van der Waals surface area contributed by atoms with Gasteiger partial charge in [-0.25, -0.2) is 15.8 Å². The van der Waals surface area contributed by atoms with Crippen molar-refractivity contribution in [3.8, 4) is 5.75 Å². The average molecular weight is 291 g/mol. The summed E-state index contributed by atoms with van der Waals surface area (Å²) in [4.78, 5) is 12.1. The number of thiophene rings is 1. The van der Waals surface area contributed by atoms with E-state index in [2.05, 4.69) is 37.8 Å². The first-order valence-corrected chi connectivity index (χ1v) is 7.36. The van der Waals surface area contributed by atoms with Crippen molar-refractivity contribution in [1.29, 1.82) is 0 Å². The van der Waals surface area contributed by atoms with E-state index in [1.54, 1.807) is 18.4 Å². The fourth-order valence-electron chi connectivity index (χ4n) is 2.19. The Morgan fingerprint density at radius 3 is 2.95 bits per heavy atom. The van der Waals surface area contributed by atoms with Gasteiger partial charge < -0.3 is 15.1 Å². The Morgan fingerprint density at radius 1 is 1.50 bits per heavy atom. The van der Waals surface area contributed by atoms with Crippen LogP contribution < -0.4 is 20.9 Å². The molecule has 0 atom stereocenters. The molecule has 0 aromatic carbocycles. The van der Waals surface area contributed by atoms with Crippen molar-refractivity contribution >= 4 is 23.0 Å². The maximum Gasteiger partial charge on any atom is 0.205 e. The van der Waals surface area contributed by atoms with Crippen LogP contribution in [0.4, 0.5) is 11.6 Å². The monoisotopic (exact) mass is 291 g/mol. The highest BCUT2D eigenvalue weighted by atomic mass is 32.1. The van der Waals surface area contributed by atoms with Gasteiger partial charge in [-0.15, -0.1) is 11.3 Å². The second-order valence-corrected chi connectivity index (χ2v) is 5.69. The van der Waals surface area contributed by atoms with E-state index in [0.29, 0.717) is 17.6 Å². The topological polar surface area (TPSA) is 76.3 Å². The standard InChI is InChI=1S/C13H17N5OS/c1-19-11-12(17-14)15-8-16-13(11)18(9-4-5-9)7-10-3-2-6-20-10/h2-3,6,8-9H,4-5,7,14H2,1H3,(H,15,16,17). The van der Waals surface area contributed by atoms with Crippen LogP contribution in [0.15, 0.2) is 23.8 Å². The number of anilines is 2. The molecule has 6 nitrogen and oxygen atoms in total. The van der Waals surface area contributed by atoms with E-state index in [4.69, 9.17) is 10.6 Å². The second-order valence-electron chi connectivity index (χ2n) is 4.66. The summed E-state index contributed by atoms with van der Waals surface area (Å²) >= 11 is 1.75. The third-order valence-corrected chi connectivity index (χ3v) is 4.15. The smallest absolute Gasteiger partial charge is 0.205 e. The van der Waals surface area contributed by atoms with Crippen LogP contribution in [0.2, 0.25) is 0 Å². The SMILES string of the molecule is COc1c(NN)ncnc1N(Cc1cccs1)C1CC1. The second kappa shape index (κ2) is 5.64. The zero-order valence-corrected chi connectivity index (χ0v) is 12.1. The molecule has 0 saturated heterocycles. The van der Waals surface area contributed by atoms with Crippen molar-refractivity contribution in [3.63, 3.8) is 0 Å². The Kier molecular flexibility index (Phi) is 3.70. The third-order valence-electron chi connectivity index (χ3n) is 3.29. The van der Waals surface area contributed by atoms with Crippen LogP contribution in [0.1, 0.15) is 17.7 Å². The van der Waals surface area contributed by atoms with Gasteiger partial charge in [0.25, 0.3) is 0 Å². The van der Waals surface area contributed by atoms with Crippen LogP contribution >= 0.6 is 11.3 Å². The molecule has 2 aromatic heterocycles. The first-order valence-electron chi connectivity index (χ1n) is 6.48. The number of hydrogen-bond donors (Lipinski definition) is 2. The molecule has 1 fully saturated rings. The molecule has 0 bridgehead atoms. The summed E-state index contributed by atoms with van der Waals surface area (Å²) in [6, 6.07) is 4.72. The summed E-state index contributed by atoms with van der Waals surface area (Å²) in [7, 11) is 1.61. The predicted octanol–water partition coefficient (Wildman–Crippen LogP) is 2.00. The Morgan fingerprint density at radius 2 is 2.35 bits per heavy atom. The number of nitrogen functional groups attached to an aromatic ring is 1. The molecule has 106 valence electrons. The number of hydrazine groups is 1. The van der Waals surface area contributed by atoms with E-state index in [0.717, 1.165) is 12.4 Å². The minimum Gasteiger partial charge on any atom is -0.490 e.